The van der Waals surface area contributed by atoms with Crippen molar-refractivity contribution in [3.63, 3.8) is 0 Å². The zero-order valence-electron chi connectivity index (χ0n) is 7.84. The Morgan fingerprint density at radius 3 is 2.77 bits per heavy atom. The lowest BCUT2D eigenvalue weighted by atomic mass is 9.66. The van der Waals surface area contributed by atoms with Gasteiger partial charge in [-0.15, -0.1) is 0 Å². The third-order valence-electron chi connectivity index (χ3n) is 3.62. The lowest BCUT2D eigenvalue weighted by molar-refractivity contribution is 0.239. The van der Waals surface area contributed by atoms with Crippen LogP contribution in [0.15, 0.2) is 24.3 Å². The van der Waals surface area contributed by atoms with E-state index in [9.17, 15) is 0 Å². The molecular weight excluding hydrogens is 158 g/mol. The fourth-order valence-corrected chi connectivity index (χ4v) is 2.80. The van der Waals surface area contributed by atoms with Crippen molar-refractivity contribution < 1.29 is 0 Å². The van der Waals surface area contributed by atoms with Crippen LogP contribution in [0.4, 0.5) is 0 Å². The minimum Gasteiger partial charge on any atom is -0.315 e. The summed E-state index contributed by atoms with van der Waals surface area (Å²) in [7, 11) is 0. The Bertz CT molecular complexity index is 326. The van der Waals surface area contributed by atoms with Gasteiger partial charge in [-0.25, -0.2) is 0 Å². The third-order valence-corrected chi connectivity index (χ3v) is 3.62. The van der Waals surface area contributed by atoms with Gasteiger partial charge in [0.1, 0.15) is 0 Å². The molecule has 68 valence electrons. The lowest BCUT2D eigenvalue weighted by Gasteiger charge is -2.47. The summed E-state index contributed by atoms with van der Waals surface area (Å²) in [5, 5.41) is 3.41. The van der Waals surface area contributed by atoms with Crippen LogP contribution in [-0.4, -0.2) is 13.1 Å². The third kappa shape index (κ3) is 0.969. The van der Waals surface area contributed by atoms with Crippen LogP contribution < -0.4 is 5.32 Å². The zero-order valence-corrected chi connectivity index (χ0v) is 7.84. The van der Waals surface area contributed by atoms with E-state index < -0.39 is 0 Å². The van der Waals surface area contributed by atoms with Crippen molar-refractivity contribution in [2.45, 2.75) is 24.7 Å². The van der Waals surface area contributed by atoms with Gasteiger partial charge in [-0.2, -0.15) is 0 Å². The number of aryl methyl sites for hydroxylation is 1. The first-order valence-electron chi connectivity index (χ1n) is 5.20. The molecule has 1 N–H and O–H groups in total. The molecule has 0 aromatic heterocycles. The van der Waals surface area contributed by atoms with Gasteiger partial charge < -0.3 is 5.32 Å². The number of benzene rings is 1. The van der Waals surface area contributed by atoms with E-state index in [2.05, 4.69) is 29.6 Å². The molecule has 1 fully saturated rings. The van der Waals surface area contributed by atoms with Crippen molar-refractivity contribution >= 4 is 0 Å². The van der Waals surface area contributed by atoms with Gasteiger partial charge >= 0.3 is 0 Å². The SMILES string of the molecule is c1ccc2c(c1)CCCC21CNC1. The van der Waals surface area contributed by atoms with Gasteiger partial charge in [0.15, 0.2) is 0 Å². The van der Waals surface area contributed by atoms with Crippen LogP contribution in [0.1, 0.15) is 24.0 Å². The first-order chi connectivity index (χ1) is 6.41. The maximum absolute atomic E-state index is 3.41. The van der Waals surface area contributed by atoms with E-state index in [1.807, 2.05) is 0 Å². The van der Waals surface area contributed by atoms with Crippen LogP contribution in [0.25, 0.3) is 0 Å². The summed E-state index contributed by atoms with van der Waals surface area (Å²) in [5.74, 6) is 0. The summed E-state index contributed by atoms with van der Waals surface area (Å²) >= 11 is 0. The summed E-state index contributed by atoms with van der Waals surface area (Å²) in [6, 6.07) is 8.98. The highest BCUT2D eigenvalue weighted by atomic mass is 15.0. The van der Waals surface area contributed by atoms with E-state index in [0.717, 1.165) is 0 Å². The Morgan fingerprint density at radius 1 is 1.15 bits per heavy atom. The molecule has 1 aromatic rings. The second kappa shape index (κ2) is 2.58. The molecule has 0 atom stereocenters. The Hall–Kier alpha value is -0.820. The second-order valence-electron chi connectivity index (χ2n) is 4.39. The highest BCUT2D eigenvalue weighted by Crippen LogP contribution is 2.39. The van der Waals surface area contributed by atoms with Crippen LogP contribution in [0.5, 0.6) is 0 Å². The zero-order chi connectivity index (χ0) is 8.73. The maximum Gasteiger partial charge on any atom is 0.0205 e. The van der Waals surface area contributed by atoms with Gasteiger partial charge in [-0.1, -0.05) is 24.3 Å². The molecule has 1 aliphatic carbocycles. The minimum absolute atomic E-state index is 0.523. The van der Waals surface area contributed by atoms with Crippen LogP contribution in [0, 0.1) is 0 Å². The molecule has 3 rings (SSSR count). The van der Waals surface area contributed by atoms with E-state index in [1.54, 1.807) is 11.1 Å². The maximum atomic E-state index is 3.41. The van der Waals surface area contributed by atoms with Gasteiger partial charge in [-0.05, 0) is 30.4 Å². The molecule has 1 nitrogen and oxygen atoms in total. The Kier molecular flexibility index (Phi) is 1.50. The van der Waals surface area contributed by atoms with Gasteiger partial charge in [0, 0.05) is 18.5 Å². The van der Waals surface area contributed by atoms with Crippen LogP contribution in [0.3, 0.4) is 0 Å². The van der Waals surface area contributed by atoms with Crippen molar-refractivity contribution in [3.05, 3.63) is 35.4 Å². The monoisotopic (exact) mass is 173 g/mol. The van der Waals surface area contributed by atoms with E-state index in [0.29, 0.717) is 5.41 Å². The summed E-state index contributed by atoms with van der Waals surface area (Å²) in [6.45, 7) is 2.40. The average molecular weight is 173 g/mol. The molecule has 1 heterocycles. The second-order valence-corrected chi connectivity index (χ2v) is 4.39. The summed E-state index contributed by atoms with van der Waals surface area (Å²) in [5.41, 5.74) is 3.74. The van der Waals surface area contributed by atoms with E-state index >= 15 is 0 Å². The summed E-state index contributed by atoms with van der Waals surface area (Å²) < 4.78 is 0. The summed E-state index contributed by atoms with van der Waals surface area (Å²) in [4.78, 5) is 0. The van der Waals surface area contributed by atoms with Crippen molar-refractivity contribution in [3.8, 4) is 0 Å². The number of fused-ring (bicyclic) bond motifs is 2. The first-order valence-corrected chi connectivity index (χ1v) is 5.20. The average Bonchev–Trinajstić information content (AvgIpc) is 2.14. The van der Waals surface area contributed by atoms with Crippen LogP contribution in [0.2, 0.25) is 0 Å². The number of hydrogen-bond donors (Lipinski definition) is 1. The fourth-order valence-electron chi connectivity index (χ4n) is 2.80. The highest BCUT2D eigenvalue weighted by Gasteiger charge is 2.41. The van der Waals surface area contributed by atoms with Gasteiger partial charge in [-0.3, -0.25) is 0 Å². The predicted molar refractivity (Wildman–Crippen MR) is 53.9 cm³/mol. The Balaban J connectivity index is 2.11. The largest absolute Gasteiger partial charge is 0.315 e. The quantitative estimate of drug-likeness (QED) is 0.631. The number of nitrogens with one attached hydrogen (secondary N) is 1. The Labute approximate surface area is 79.2 Å². The summed E-state index contributed by atoms with van der Waals surface area (Å²) in [6.07, 6.45) is 4.05. The smallest absolute Gasteiger partial charge is 0.0205 e. The number of rotatable bonds is 0. The molecule has 13 heavy (non-hydrogen) atoms. The van der Waals surface area contributed by atoms with Crippen molar-refractivity contribution in [2.24, 2.45) is 0 Å². The topological polar surface area (TPSA) is 12.0 Å². The molecule has 0 bridgehead atoms. The Morgan fingerprint density at radius 2 is 2.00 bits per heavy atom. The van der Waals surface area contributed by atoms with Crippen molar-refractivity contribution in [1.29, 1.82) is 0 Å². The molecule has 2 aliphatic rings. The minimum atomic E-state index is 0.523. The molecular formula is C12H15N. The molecule has 1 spiro atoms. The normalized spacial score (nSPS) is 23.7. The standard InChI is InChI=1S/C12H15N/c1-2-6-11-10(4-1)5-3-7-12(11)8-13-9-12/h1-2,4,6,13H,3,5,7-9H2. The van der Waals surface area contributed by atoms with E-state index in [-0.39, 0.29) is 0 Å². The highest BCUT2D eigenvalue weighted by molar-refractivity contribution is 5.39. The van der Waals surface area contributed by atoms with E-state index in [1.165, 1.54) is 32.4 Å². The van der Waals surface area contributed by atoms with Crippen molar-refractivity contribution in [2.75, 3.05) is 13.1 Å². The van der Waals surface area contributed by atoms with Gasteiger partial charge in [0.2, 0.25) is 0 Å². The first kappa shape index (κ1) is 7.57. The molecule has 0 amide bonds. The van der Waals surface area contributed by atoms with Crippen LogP contribution >= 0.6 is 0 Å². The molecule has 1 heteroatoms. The van der Waals surface area contributed by atoms with Crippen LogP contribution in [-0.2, 0) is 11.8 Å². The molecule has 1 saturated heterocycles. The molecule has 0 radical (unpaired) electrons. The van der Waals surface area contributed by atoms with E-state index in [4.69, 9.17) is 0 Å². The number of hydrogen-bond acceptors (Lipinski definition) is 1. The molecule has 0 saturated carbocycles. The van der Waals surface area contributed by atoms with Gasteiger partial charge in [0.05, 0.1) is 0 Å². The molecule has 1 aliphatic heterocycles. The molecule has 0 unspecified atom stereocenters. The lowest BCUT2D eigenvalue weighted by Crippen LogP contribution is -2.58. The molecule has 1 aromatic carbocycles. The van der Waals surface area contributed by atoms with Gasteiger partial charge in [0.25, 0.3) is 0 Å². The fraction of sp³-hybridized carbons (Fsp3) is 0.500. The predicted octanol–water partition coefficient (Wildman–Crippen LogP) is 1.86. The van der Waals surface area contributed by atoms with Crippen molar-refractivity contribution in [1.82, 2.24) is 5.32 Å².